The molecule has 1 aromatic carbocycles. The molecule has 6 heteroatoms. The third kappa shape index (κ3) is 3.95. The Kier molecular flexibility index (Phi) is 5.16. The van der Waals surface area contributed by atoms with E-state index < -0.39 is 0 Å². The Balaban J connectivity index is 2.05. The van der Waals surface area contributed by atoms with Gasteiger partial charge in [-0.2, -0.15) is 0 Å². The third-order valence-corrected chi connectivity index (χ3v) is 3.78. The standard InChI is InChI=1S/C15H17N3O2S/c1-4-9-16-13(19)11(3)21-15-18-17-14(20-15)12-8-6-5-7-10(12)2/h4-8,11H,1,9H2,2-3H3,(H,16,19)/t11-/m0/s1. The highest BCUT2D eigenvalue weighted by atomic mass is 32.2. The fraction of sp³-hybridized carbons (Fsp3) is 0.267. The number of carbonyl (C=O) groups is 1. The van der Waals surface area contributed by atoms with Gasteiger partial charge < -0.3 is 9.73 Å². The van der Waals surface area contributed by atoms with Gasteiger partial charge in [0.2, 0.25) is 11.8 Å². The number of hydrogen-bond acceptors (Lipinski definition) is 5. The van der Waals surface area contributed by atoms with Crippen molar-refractivity contribution in [1.29, 1.82) is 0 Å². The minimum Gasteiger partial charge on any atom is -0.411 e. The topological polar surface area (TPSA) is 68.0 Å². The molecule has 0 aliphatic heterocycles. The molecule has 2 aromatic rings. The summed E-state index contributed by atoms with van der Waals surface area (Å²) in [6.45, 7) is 7.78. The van der Waals surface area contributed by atoms with Crippen molar-refractivity contribution in [1.82, 2.24) is 15.5 Å². The first-order valence-corrected chi connectivity index (χ1v) is 7.44. The summed E-state index contributed by atoms with van der Waals surface area (Å²) in [5.74, 6) is 0.379. The van der Waals surface area contributed by atoms with E-state index in [-0.39, 0.29) is 11.2 Å². The Morgan fingerprint density at radius 3 is 2.95 bits per heavy atom. The van der Waals surface area contributed by atoms with Crippen molar-refractivity contribution in [3.05, 3.63) is 42.5 Å². The Morgan fingerprint density at radius 1 is 1.48 bits per heavy atom. The third-order valence-electron chi connectivity index (χ3n) is 2.85. The molecule has 110 valence electrons. The summed E-state index contributed by atoms with van der Waals surface area (Å²) in [7, 11) is 0. The molecule has 0 saturated heterocycles. The summed E-state index contributed by atoms with van der Waals surface area (Å²) in [5, 5.41) is 10.8. The van der Waals surface area contributed by atoms with Crippen molar-refractivity contribution in [3.63, 3.8) is 0 Å². The summed E-state index contributed by atoms with van der Waals surface area (Å²) < 4.78 is 5.62. The Morgan fingerprint density at radius 2 is 2.24 bits per heavy atom. The molecule has 0 bridgehead atoms. The van der Waals surface area contributed by atoms with Crippen LogP contribution in [0.2, 0.25) is 0 Å². The fourth-order valence-corrected chi connectivity index (χ4v) is 2.41. The monoisotopic (exact) mass is 303 g/mol. The normalized spacial score (nSPS) is 11.9. The molecule has 1 amide bonds. The van der Waals surface area contributed by atoms with Gasteiger partial charge in [-0.1, -0.05) is 36.0 Å². The van der Waals surface area contributed by atoms with E-state index in [0.717, 1.165) is 11.1 Å². The predicted molar refractivity (Wildman–Crippen MR) is 83.0 cm³/mol. The van der Waals surface area contributed by atoms with Gasteiger partial charge in [0.25, 0.3) is 5.22 Å². The molecule has 0 unspecified atom stereocenters. The largest absolute Gasteiger partial charge is 0.411 e. The van der Waals surface area contributed by atoms with E-state index in [2.05, 4.69) is 22.1 Å². The second kappa shape index (κ2) is 7.08. The molecule has 0 aliphatic rings. The predicted octanol–water partition coefficient (Wildman–Crippen LogP) is 2.83. The zero-order valence-electron chi connectivity index (χ0n) is 12.0. The molecule has 0 fully saturated rings. The van der Waals surface area contributed by atoms with E-state index in [0.29, 0.717) is 17.7 Å². The number of aryl methyl sites for hydroxylation is 1. The molecule has 1 aromatic heterocycles. The van der Waals surface area contributed by atoms with Crippen LogP contribution in [-0.2, 0) is 4.79 Å². The summed E-state index contributed by atoms with van der Waals surface area (Å²) in [6.07, 6.45) is 1.64. The molecule has 0 aliphatic carbocycles. The highest BCUT2D eigenvalue weighted by molar-refractivity contribution is 8.00. The van der Waals surface area contributed by atoms with Gasteiger partial charge in [-0.3, -0.25) is 4.79 Å². The number of carbonyl (C=O) groups excluding carboxylic acids is 1. The first-order chi connectivity index (χ1) is 10.1. The molecule has 1 atom stereocenters. The number of hydrogen-bond donors (Lipinski definition) is 1. The van der Waals surface area contributed by atoms with Crippen LogP contribution < -0.4 is 5.32 Å². The van der Waals surface area contributed by atoms with Gasteiger partial charge in [0.1, 0.15) is 0 Å². The Bertz CT molecular complexity index is 639. The lowest BCUT2D eigenvalue weighted by Crippen LogP contribution is -2.30. The van der Waals surface area contributed by atoms with Gasteiger partial charge in [0.05, 0.1) is 5.25 Å². The first kappa shape index (κ1) is 15.3. The van der Waals surface area contributed by atoms with Crippen molar-refractivity contribution >= 4 is 17.7 Å². The van der Waals surface area contributed by atoms with E-state index in [1.165, 1.54) is 11.8 Å². The molecule has 0 saturated carbocycles. The molecule has 21 heavy (non-hydrogen) atoms. The van der Waals surface area contributed by atoms with Crippen LogP contribution in [0, 0.1) is 6.92 Å². The number of amides is 1. The highest BCUT2D eigenvalue weighted by Gasteiger charge is 2.18. The lowest BCUT2D eigenvalue weighted by Gasteiger charge is -2.07. The van der Waals surface area contributed by atoms with Crippen LogP contribution in [0.3, 0.4) is 0 Å². The summed E-state index contributed by atoms with van der Waals surface area (Å²) >= 11 is 1.24. The number of nitrogens with one attached hydrogen (secondary N) is 1. The van der Waals surface area contributed by atoms with Crippen LogP contribution in [0.1, 0.15) is 12.5 Å². The second-order valence-corrected chi connectivity index (χ2v) is 5.77. The van der Waals surface area contributed by atoms with Crippen molar-refractivity contribution in [2.75, 3.05) is 6.54 Å². The number of thioether (sulfide) groups is 1. The lowest BCUT2D eigenvalue weighted by molar-refractivity contribution is -0.120. The van der Waals surface area contributed by atoms with Crippen molar-refractivity contribution < 1.29 is 9.21 Å². The van der Waals surface area contributed by atoms with Crippen molar-refractivity contribution in [2.24, 2.45) is 0 Å². The second-order valence-electron chi connectivity index (χ2n) is 4.48. The summed E-state index contributed by atoms with van der Waals surface area (Å²) in [4.78, 5) is 11.8. The maximum Gasteiger partial charge on any atom is 0.277 e. The van der Waals surface area contributed by atoms with E-state index in [1.807, 2.05) is 31.2 Å². The Hall–Kier alpha value is -2.08. The van der Waals surface area contributed by atoms with Crippen molar-refractivity contribution in [2.45, 2.75) is 24.3 Å². The van der Waals surface area contributed by atoms with Crippen LogP contribution in [0.5, 0.6) is 0 Å². The van der Waals surface area contributed by atoms with Crippen molar-refractivity contribution in [3.8, 4) is 11.5 Å². The van der Waals surface area contributed by atoms with Crippen LogP contribution >= 0.6 is 11.8 Å². The molecule has 0 spiro atoms. The number of nitrogens with zero attached hydrogens (tertiary/aromatic N) is 2. The molecule has 1 heterocycles. The number of rotatable bonds is 6. The maximum absolute atomic E-state index is 11.8. The minimum atomic E-state index is -0.310. The highest BCUT2D eigenvalue weighted by Crippen LogP contribution is 2.27. The average Bonchev–Trinajstić information content (AvgIpc) is 2.93. The van der Waals surface area contributed by atoms with E-state index in [1.54, 1.807) is 13.0 Å². The maximum atomic E-state index is 11.8. The zero-order chi connectivity index (χ0) is 15.2. The van der Waals surface area contributed by atoms with E-state index >= 15 is 0 Å². The van der Waals surface area contributed by atoms with Gasteiger partial charge in [0, 0.05) is 12.1 Å². The summed E-state index contributed by atoms with van der Waals surface area (Å²) in [5.41, 5.74) is 1.97. The van der Waals surface area contributed by atoms with E-state index in [9.17, 15) is 4.79 Å². The van der Waals surface area contributed by atoms with Gasteiger partial charge in [-0.05, 0) is 25.5 Å². The first-order valence-electron chi connectivity index (χ1n) is 6.56. The average molecular weight is 303 g/mol. The van der Waals surface area contributed by atoms with Gasteiger partial charge in [0.15, 0.2) is 0 Å². The lowest BCUT2D eigenvalue weighted by atomic mass is 10.1. The zero-order valence-corrected chi connectivity index (χ0v) is 12.8. The van der Waals surface area contributed by atoms with Gasteiger partial charge in [-0.25, -0.2) is 0 Å². The van der Waals surface area contributed by atoms with Crippen LogP contribution in [0.4, 0.5) is 0 Å². The smallest absolute Gasteiger partial charge is 0.277 e. The van der Waals surface area contributed by atoms with Gasteiger partial charge in [-0.15, -0.1) is 16.8 Å². The quantitative estimate of drug-likeness (QED) is 0.656. The van der Waals surface area contributed by atoms with Crippen LogP contribution in [0.15, 0.2) is 46.6 Å². The Labute approximate surface area is 127 Å². The molecule has 1 N–H and O–H groups in total. The SMILES string of the molecule is C=CCNC(=O)[C@H](C)Sc1nnc(-c2ccccc2C)o1. The van der Waals surface area contributed by atoms with Crippen LogP contribution in [-0.4, -0.2) is 27.9 Å². The molecular formula is C15H17N3O2S. The molecular weight excluding hydrogens is 286 g/mol. The molecule has 2 rings (SSSR count). The minimum absolute atomic E-state index is 0.0875. The molecule has 0 radical (unpaired) electrons. The molecule has 5 nitrogen and oxygen atoms in total. The number of aromatic nitrogens is 2. The fourth-order valence-electron chi connectivity index (χ4n) is 1.70. The van der Waals surface area contributed by atoms with Gasteiger partial charge >= 0.3 is 0 Å². The summed E-state index contributed by atoms with van der Waals surface area (Å²) in [6, 6.07) is 7.79. The van der Waals surface area contributed by atoms with E-state index in [4.69, 9.17) is 4.42 Å². The van der Waals surface area contributed by atoms with Crippen LogP contribution in [0.25, 0.3) is 11.5 Å². The number of benzene rings is 1.